The highest BCUT2D eigenvalue weighted by Crippen LogP contribution is 2.29. The average Bonchev–Trinajstić information content (AvgIpc) is 3.04. The van der Waals surface area contributed by atoms with Crippen molar-refractivity contribution in [2.24, 2.45) is 0 Å². The Bertz CT molecular complexity index is 890. The summed E-state index contributed by atoms with van der Waals surface area (Å²) in [4.78, 5) is 6.81. The number of hydrogen-bond donors (Lipinski definition) is 2. The van der Waals surface area contributed by atoms with Gasteiger partial charge in [0.15, 0.2) is 5.65 Å². The number of fused-ring (bicyclic) bond motifs is 4. The van der Waals surface area contributed by atoms with E-state index in [1.807, 2.05) is 25.4 Å². The first kappa shape index (κ1) is 15.8. The van der Waals surface area contributed by atoms with Crippen LogP contribution in [0.5, 0.6) is 0 Å². The third-order valence-corrected chi connectivity index (χ3v) is 4.49. The summed E-state index contributed by atoms with van der Waals surface area (Å²) >= 11 is 0. The second-order valence-electron chi connectivity index (χ2n) is 6.26. The molecule has 0 atom stereocenters. The molecule has 3 aromatic rings. The normalized spacial score (nSPS) is 15.7. The summed E-state index contributed by atoms with van der Waals surface area (Å²) in [6.07, 6.45) is 4.54. The van der Waals surface area contributed by atoms with Gasteiger partial charge in [-0.05, 0) is 37.2 Å². The molecule has 2 aromatic heterocycles. The maximum Gasteiger partial charge on any atom is 0.165 e. The van der Waals surface area contributed by atoms with E-state index in [1.54, 1.807) is 16.8 Å². The Labute approximate surface area is 145 Å². The van der Waals surface area contributed by atoms with Crippen LogP contribution in [0.4, 0.5) is 15.9 Å². The fourth-order valence-electron chi connectivity index (χ4n) is 3.04. The van der Waals surface area contributed by atoms with Gasteiger partial charge in [0.1, 0.15) is 11.6 Å². The van der Waals surface area contributed by atoms with Crippen LogP contribution >= 0.6 is 0 Å². The van der Waals surface area contributed by atoms with Gasteiger partial charge in [-0.25, -0.2) is 13.9 Å². The van der Waals surface area contributed by atoms with Crippen LogP contribution < -0.4 is 15.5 Å². The van der Waals surface area contributed by atoms with Crippen LogP contribution in [0.1, 0.15) is 6.42 Å². The number of nitrogens with zero attached hydrogens (tertiary/aromatic N) is 4. The smallest absolute Gasteiger partial charge is 0.165 e. The van der Waals surface area contributed by atoms with Crippen molar-refractivity contribution in [2.75, 3.05) is 43.4 Å². The largest absolute Gasteiger partial charge is 0.385 e. The molecule has 1 aliphatic rings. The summed E-state index contributed by atoms with van der Waals surface area (Å²) in [5, 5.41) is 11.1. The van der Waals surface area contributed by atoms with Crippen molar-refractivity contribution in [1.82, 2.24) is 19.9 Å². The zero-order chi connectivity index (χ0) is 17.2. The summed E-state index contributed by atoms with van der Waals surface area (Å²) in [6.45, 7) is 3.51. The zero-order valence-electron chi connectivity index (χ0n) is 14.2. The Morgan fingerprint density at radius 2 is 2.04 bits per heavy atom. The molecule has 6 nitrogen and oxygen atoms in total. The predicted molar refractivity (Wildman–Crippen MR) is 97.6 cm³/mol. The standard InChI is InChI=1S/C18H21FN6/c1-24-10-8-20-6-2-7-21-13-3-4-16(19)14(11-13)15-12-22-25-9-5-17(24)23-18(15)25/h3-5,9,11-12,20-21H,2,6-8,10H2,1H3. The van der Waals surface area contributed by atoms with E-state index in [2.05, 4.69) is 20.6 Å². The van der Waals surface area contributed by atoms with E-state index in [1.165, 1.54) is 6.07 Å². The zero-order valence-corrected chi connectivity index (χ0v) is 14.2. The first-order chi connectivity index (χ1) is 12.2. The molecule has 7 heteroatoms. The van der Waals surface area contributed by atoms with Crippen LogP contribution in [0, 0.1) is 5.82 Å². The van der Waals surface area contributed by atoms with Crippen LogP contribution in [-0.2, 0) is 0 Å². The minimum Gasteiger partial charge on any atom is -0.385 e. The van der Waals surface area contributed by atoms with E-state index in [9.17, 15) is 4.39 Å². The fourth-order valence-corrected chi connectivity index (χ4v) is 3.04. The third kappa shape index (κ3) is 3.15. The quantitative estimate of drug-likeness (QED) is 0.658. The first-order valence-corrected chi connectivity index (χ1v) is 8.52. The Hall–Kier alpha value is -2.67. The fraction of sp³-hybridized carbons (Fsp3) is 0.333. The molecule has 0 unspecified atom stereocenters. The molecule has 0 radical (unpaired) electrons. The maximum absolute atomic E-state index is 14.5. The van der Waals surface area contributed by atoms with Crippen molar-refractivity contribution < 1.29 is 4.39 Å². The second kappa shape index (κ2) is 6.68. The summed E-state index contributed by atoms with van der Waals surface area (Å²) in [5.41, 5.74) is 2.77. The van der Waals surface area contributed by atoms with Gasteiger partial charge in [0, 0.05) is 49.7 Å². The Morgan fingerprint density at radius 1 is 1.12 bits per heavy atom. The summed E-state index contributed by atoms with van der Waals surface area (Å²) in [5.74, 6) is 0.576. The summed E-state index contributed by atoms with van der Waals surface area (Å²) in [7, 11) is 2.01. The third-order valence-electron chi connectivity index (χ3n) is 4.49. The molecule has 0 spiro atoms. The van der Waals surface area contributed by atoms with Gasteiger partial charge in [-0.15, -0.1) is 0 Å². The highest BCUT2D eigenvalue weighted by molar-refractivity contribution is 5.80. The van der Waals surface area contributed by atoms with E-state index in [-0.39, 0.29) is 5.82 Å². The van der Waals surface area contributed by atoms with E-state index >= 15 is 0 Å². The first-order valence-electron chi connectivity index (χ1n) is 8.52. The lowest BCUT2D eigenvalue weighted by Gasteiger charge is -2.18. The minimum atomic E-state index is -0.271. The molecule has 3 heterocycles. The van der Waals surface area contributed by atoms with Crippen molar-refractivity contribution >= 4 is 17.2 Å². The van der Waals surface area contributed by atoms with Crippen LogP contribution in [0.3, 0.4) is 0 Å². The van der Waals surface area contributed by atoms with Crippen LogP contribution in [0.2, 0.25) is 0 Å². The summed E-state index contributed by atoms with van der Waals surface area (Å²) in [6, 6.07) is 7.02. The van der Waals surface area contributed by atoms with Gasteiger partial charge in [0.2, 0.25) is 0 Å². The molecular formula is C18H21FN6. The van der Waals surface area contributed by atoms with Crippen molar-refractivity contribution in [1.29, 1.82) is 0 Å². The highest BCUT2D eigenvalue weighted by atomic mass is 19.1. The number of likely N-dealkylation sites (N-methyl/N-ethyl adjacent to an activating group) is 1. The average molecular weight is 340 g/mol. The molecule has 25 heavy (non-hydrogen) atoms. The Kier molecular flexibility index (Phi) is 4.23. The van der Waals surface area contributed by atoms with Gasteiger partial charge in [-0.2, -0.15) is 5.10 Å². The molecular weight excluding hydrogens is 319 g/mol. The molecule has 2 N–H and O–H groups in total. The number of halogens is 1. The predicted octanol–water partition coefficient (Wildman–Crippen LogP) is 2.38. The lowest BCUT2D eigenvalue weighted by Crippen LogP contribution is -2.30. The van der Waals surface area contributed by atoms with Crippen molar-refractivity contribution in [2.45, 2.75) is 6.42 Å². The monoisotopic (exact) mass is 340 g/mol. The van der Waals surface area contributed by atoms with Gasteiger partial charge >= 0.3 is 0 Å². The molecule has 1 aromatic carbocycles. The van der Waals surface area contributed by atoms with Gasteiger partial charge in [-0.3, -0.25) is 0 Å². The molecule has 4 rings (SSSR count). The van der Waals surface area contributed by atoms with Crippen LogP contribution in [-0.4, -0.2) is 47.8 Å². The topological polar surface area (TPSA) is 57.5 Å². The molecule has 0 aliphatic carbocycles. The van der Waals surface area contributed by atoms with E-state index in [4.69, 9.17) is 4.98 Å². The number of anilines is 2. The van der Waals surface area contributed by atoms with Gasteiger partial charge in [0.05, 0.1) is 6.20 Å². The SMILES string of the molecule is CN1CCNCCCNc2ccc(F)c(c2)-c2cnn3ccc1nc23. The molecule has 130 valence electrons. The van der Waals surface area contributed by atoms with Gasteiger partial charge in [0.25, 0.3) is 0 Å². The van der Waals surface area contributed by atoms with Gasteiger partial charge in [-0.1, -0.05) is 0 Å². The van der Waals surface area contributed by atoms with E-state index < -0.39 is 0 Å². The number of aromatic nitrogens is 3. The Morgan fingerprint density at radius 3 is 2.96 bits per heavy atom. The molecule has 0 saturated heterocycles. The van der Waals surface area contributed by atoms with Crippen LogP contribution in [0.15, 0.2) is 36.7 Å². The molecule has 0 amide bonds. The number of nitrogens with one attached hydrogen (secondary N) is 2. The van der Waals surface area contributed by atoms with E-state index in [0.717, 1.165) is 44.1 Å². The highest BCUT2D eigenvalue weighted by Gasteiger charge is 2.15. The van der Waals surface area contributed by atoms with Crippen molar-refractivity contribution in [3.63, 3.8) is 0 Å². The van der Waals surface area contributed by atoms with Crippen molar-refractivity contribution in [3.05, 3.63) is 42.5 Å². The lowest BCUT2D eigenvalue weighted by atomic mass is 10.1. The maximum atomic E-state index is 14.5. The summed E-state index contributed by atoms with van der Waals surface area (Å²) < 4.78 is 16.2. The minimum absolute atomic E-state index is 0.271. The number of hydrogen-bond acceptors (Lipinski definition) is 5. The van der Waals surface area contributed by atoms with Crippen LogP contribution in [0.25, 0.3) is 16.8 Å². The molecule has 1 aliphatic heterocycles. The Balaban J connectivity index is 1.85. The van der Waals surface area contributed by atoms with Gasteiger partial charge < -0.3 is 15.5 Å². The molecule has 0 saturated carbocycles. The lowest BCUT2D eigenvalue weighted by molar-refractivity contribution is 0.631. The molecule has 0 fully saturated rings. The second-order valence-corrected chi connectivity index (χ2v) is 6.26. The number of rotatable bonds is 0. The number of benzene rings is 1. The van der Waals surface area contributed by atoms with E-state index in [0.29, 0.717) is 16.8 Å². The molecule has 4 bridgehead atoms. The van der Waals surface area contributed by atoms with Crippen molar-refractivity contribution in [3.8, 4) is 11.1 Å².